The predicted molar refractivity (Wildman–Crippen MR) is 259 cm³/mol. The van der Waals surface area contributed by atoms with E-state index in [1.807, 2.05) is 0 Å². The Balaban J connectivity index is 1.40. The Labute approximate surface area is 360 Å². The van der Waals surface area contributed by atoms with Gasteiger partial charge in [0.2, 0.25) is 0 Å². The van der Waals surface area contributed by atoms with Crippen LogP contribution < -0.4 is 26.4 Å². The average Bonchev–Trinajstić information content (AvgIpc) is 3.63. The molecule has 9 rings (SSSR count). The van der Waals surface area contributed by atoms with E-state index in [0.717, 1.165) is 42.8 Å². The molecular formula is C56H63BN2O. The van der Waals surface area contributed by atoms with Crippen LogP contribution in [0.3, 0.4) is 0 Å². The van der Waals surface area contributed by atoms with E-state index >= 15 is 0 Å². The monoisotopic (exact) mass is 791 g/mol. The highest BCUT2D eigenvalue weighted by Crippen LogP contribution is 2.50. The standard InChI is InChI=1S/C56H63BN2O/c1-36-19-13-16-22-47(36)58(48-23-17-14-20-37(48)2)41-25-26-45-49(33-41)59(42-31-39(53(3,4)5)30-40(32-42)54(6,7)8)50-35-44-43(55(9,10)27-28-56(44,11)12)34-46(50)57(45)52-29-38-21-15-18-24-51(38)60-52/h13-17,19-23,25-26,29-35H,18,24,27-28H2,1-12H3. The molecule has 0 radical (unpaired) electrons. The van der Waals surface area contributed by atoms with Crippen molar-refractivity contribution in [2.45, 2.75) is 130 Å². The van der Waals surface area contributed by atoms with Crippen LogP contribution in [-0.2, 0) is 28.1 Å². The number of aryl methyl sites for hydroxylation is 3. The predicted octanol–water partition coefficient (Wildman–Crippen LogP) is 13.6. The lowest BCUT2D eigenvalue weighted by Crippen LogP contribution is -2.57. The zero-order valence-electron chi connectivity index (χ0n) is 38.2. The summed E-state index contributed by atoms with van der Waals surface area (Å²) in [5, 5.41) is 0. The lowest BCUT2D eigenvalue weighted by molar-refractivity contribution is 0.332. The fourth-order valence-electron chi connectivity index (χ4n) is 10.0. The molecule has 0 saturated carbocycles. The van der Waals surface area contributed by atoms with Gasteiger partial charge in [0.15, 0.2) is 0 Å². The second kappa shape index (κ2) is 14.2. The van der Waals surface area contributed by atoms with Crippen LogP contribution in [0.1, 0.15) is 133 Å². The molecule has 2 aliphatic carbocycles. The number of hydrogen-bond donors (Lipinski definition) is 0. The van der Waals surface area contributed by atoms with E-state index in [4.69, 9.17) is 4.42 Å². The van der Waals surface area contributed by atoms with E-state index in [2.05, 4.69) is 208 Å². The minimum absolute atomic E-state index is 0.0358. The van der Waals surface area contributed by atoms with Crippen molar-refractivity contribution in [2.75, 3.05) is 9.80 Å². The Morgan fingerprint density at radius 3 is 1.77 bits per heavy atom. The molecule has 3 aliphatic rings. The zero-order valence-corrected chi connectivity index (χ0v) is 38.2. The molecule has 0 saturated heterocycles. The number of benzene rings is 5. The lowest BCUT2D eigenvalue weighted by Gasteiger charge is -2.45. The van der Waals surface area contributed by atoms with Gasteiger partial charge in [-0.25, -0.2) is 0 Å². The number of fused-ring (bicyclic) bond motifs is 4. The van der Waals surface area contributed by atoms with Gasteiger partial charge in [0.1, 0.15) is 5.76 Å². The molecule has 3 nitrogen and oxygen atoms in total. The van der Waals surface area contributed by atoms with Crippen molar-refractivity contribution in [1.29, 1.82) is 0 Å². The van der Waals surface area contributed by atoms with Crippen molar-refractivity contribution >= 4 is 63.5 Å². The highest BCUT2D eigenvalue weighted by atomic mass is 16.3. The molecule has 5 aromatic carbocycles. The normalized spacial score (nSPS) is 16.5. The summed E-state index contributed by atoms with van der Waals surface area (Å²) in [5.74, 6) is 1.10. The van der Waals surface area contributed by atoms with Crippen molar-refractivity contribution in [1.82, 2.24) is 0 Å². The number of anilines is 6. The average molecular weight is 791 g/mol. The molecular weight excluding hydrogens is 727 g/mol. The van der Waals surface area contributed by atoms with Gasteiger partial charge >= 0.3 is 0 Å². The van der Waals surface area contributed by atoms with Crippen molar-refractivity contribution in [3.05, 3.63) is 154 Å². The van der Waals surface area contributed by atoms with Gasteiger partial charge in [0.25, 0.3) is 6.71 Å². The third kappa shape index (κ3) is 6.85. The molecule has 1 aliphatic heterocycles. The third-order valence-electron chi connectivity index (χ3n) is 14.0. The summed E-state index contributed by atoms with van der Waals surface area (Å²) in [4.78, 5) is 5.10. The maximum atomic E-state index is 7.03. The number of rotatable bonds is 5. The molecule has 2 heterocycles. The lowest BCUT2D eigenvalue weighted by atomic mass is 9.36. The number of nitrogens with zero attached hydrogens (tertiary/aromatic N) is 2. The largest absolute Gasteiger partial charge is 0.475 e. The van der Waals surface area contributed by atoms with Crippen molar-refractivity contribution in [3.8, 4) is 0 Å². The number of furan rings is 1. The highest BCUT2D eigenvalue weighted by molar-refractivity contribution is 6.97. The van der Waals surface area contributed by atoms with E-state index in [9.17, 15) is 0 Å². The zero-order chi connectivity index (χ0) is 42.5. The Kier molecular flexibility index (Phi) is 9.50. The van der Waals surface area contributed by atoms with Gasteiger partial charge < -0.3 is 14.2 Å². The summed E-state index contributed by atoms with van der Waals surface area (Å²) in [6.45, 7) is 28.3. The van der Waals surface area contributed by atoms with Gasteiger partial charge in [-0.1, -0.05) is 136 Å². The number of hydrogen-bond acceptors (Lipinski definition) is 3. The maximum absolute atomic E-state index is 7.03. The van der Waals surface area contributed by atoms with Crippen LogP contribution >= 0.6 is 0 Å². The van der Waals surface area contributed by atoms with Crippen LogP contribution in [0.15, 0.2) is 114 Å². The van der Waals surface area contributed by atoms with Gasteiger partial charge in [0.05, 0.1) is 5.66 Å². The molecule has 0 unspecified atom stereocenters. The molecule has 4 heteroatoms. The molecule has 306 valence electrons. The van der Waals surface area contributed by atoms with Crippen LogP contribution in [0.2, 0.25) is 0 Å². The fraction of sp³-hybridized carbons (Fsp3) is 0.357. The Hall–Kier alpha value is -5.22. The van der Waals surface area contributed by atoms with Crippen LogP contribution in [-0.4, -0.2) is 6.71 Å². The molecule has 0 N–H and O–H groups in total. The summed E-state index contributed by atoms with van der Waals surface area (Å²) in [6.07, 6.45) is 8.82. The van der Waals surface area contributed by atoms with E-state index < -0.39 is 0 Å². The number of para-hydroxylation sites is 2. The van der Waals surface area contributed by atoms with E-state index in [0.29, 0.717) is 0 Å². The Bertz CT molecular complexity index is 2600. The molecule has 0 atom stereocenters. The topological polar surface area (TPSA) is 19.6 Å². The summed E-state index contributed by atoms with van der Waals surface area (Å²) in [5.41, 5.74) is 20.1. The van der Waals surface area contributed by atoms with E-state index in [1.54, 1.807) is 0 Å². The van der Waals surface area contributed by atoms with Gasteiger partial charge in [0, 0.05) is 46.1 Å². The van der Waals surface area contributed by atoms with Crippen molar-refractivity contribution < 1.29 is 4.42 Å². The minimum atomic E-state index is -0.0799. The van der Waals surface area contributed by atoms with Gasteiger partial charge in [-0.3, -0.25) is 0 Å². The first-order valence-corrected chi connectivity index (χ1v) is 22.3. The van der Waals surface area contributed by atoms with Gasteiger partial charge in [-0.05, 0) is 148 Å². The Morgan fingerprint density at radius 2 is 1.20 bits per heavy atom. The molecule has 1 aromatic heterocycles. The fourth-order valence-corrected chi connectivity index (χ4v) is 10.0. The second-order valence-corrected chi connectivity index (χ2v) is 21.4. The van der Waals surface area contributed by atoms with Crippen LogP contribution in [0.4, 0.5) is 34.1 Å². The summed E-state index contributed by atoms with van der Waals surface area (Å²) >= 11 is 0. The van der Waals surface area contributed by atoms with Crippen LogP contribution in [0, 0.1) is 13.8 Å². The Morgan fingerprint density at radius 1 is 0.633 bits per heavy atom. The quantitative estimate of drug-likeness (QED) is 0.162. The second-order valence-electron chi connectivity index (χ2n) is 21.4. The summed E-state index contributed by atoms with van der Waals surface area (Å²) < 4.78 is 7.03. The number of allylic oxidation sites excluding steroid dienone is 1. The van der Waals surface area contributed by atoms with Gasteiger partial charge in [-0.15, -0.1) is 0 Å². The summed E-state index contributed by atoms with van der Waals surface area (Å²) in [6, 6.07) is 39.8. The first kappa shape index (κ1) is 40.2. The molecule has 0 fully saturated rings. The minimum Gasteiger partial charge on any atom is -0.475 e. The molecule has 60 heavy (non-hydrogen) atoms. The van der Waals surface area contributed by atoms with Gasteiger partial charge in [-0.2, -0.15) is 0 Å². The smallest absolute Gasteiger partial charge is 0.291 e. The molecule has 0 amide bonds. The first-order chi connectivity index (χ1) is 28.3. The van der Waals surface area contributed by atoms with E-state index in [-0.39, 0.29) is 28.4 Å². The third-order valence-corrected chi connectivity index (χ3v) is 14.0. The van der Waals surface area contributed by atoms with Crippen molar-refractivity contribution in [2.24, 2.45) is 0 Å². The van der Waals surface area contributed by atoms with E-state index in [1.165, 1.54) is 78.3 Å². The van der Waals surface area contributed by atoms with Crippen LogP contribution in [0.5, 0.6) is 0 Å². The summed E-state index contributed by atoms with van der Waals surface area (Å²) in [7, 11) is 0. The molecule has 0 bridgehead atoms. The molecule has 0 spiro atoms. The first-order valence-electron chi connectivity index (χ1n) is 22.3. The van der Waals surface area contributed by atoms with Crippen molar-refractivity contribution in [3.63, 3.8) is 0 Å². The highest BCUT2D eigenvalue weighted by Gasteiger charge is 2.44. The van der Waals surface area contributed by atoms with Crippen LogP contribution in [0.25, 0.3) is 6.08 Å². The SMILES string of the molecule is Cc1ccccc1N(c1ccc2c(c1)N(c1cc(C(C)(C)C)cc(C(C)(C)C)c1)c1cc3c(cc1B2c1cc2c(o1)CCC=C2)C(C)(C)CCC3(C)C)c1ccccc1C. The maximum Gasteiger partial charge on any atom is 0.291 e. The molecule has 6 aromatic rings.